The number of benzene rings is 1. The van der Waals surface area contributed by atoms with E-state index in [1.54, 1.807) is 6.07 Å². The van der Waals surface area contributed by atoms with Crippen LogP contribution in [0.4, 0.5) is 0 Å². The molecule has 0 amide bonds. The average molecular weight is 325 g/mol. The van der Waals surface area contributed by atoms with Crippen LogP contribution in [0, 0.1) is 6.92 Å². The van der Waals surface area contributed by atoms with Crippen LogP contribution in [-0.4, -0.2) is 12.6 Å². The first kappa shape index (κ1) is 13.7. The number of aryl methyl sites for hydroxylation is 1. The highest BCUT2D eigenvalue weighted by molar-refractivity contribution is 7.17. The number of esters is 1. The first-order valence-electron chi connectivity index (χ1n) is 5.99. The standard InChI is InChI=1S/C15H10Cl2O2S/c1-8-6-9(16)2-3-10(8)14-11(7-19-15(14)18)12-4-5-13(17)20-12/h2-6H,7H2,1H3. The summed E-state index contributed by atoms with van der Waals surface area (Å²) in [5.74, 6) is -0.296. The van der Waals surface area contributed by atoms with Gasteiger partial charge in [0.05, 0.1) is 9.91 Å². The van der Waals surface area contributed by atoms with Crippen molar-refractivity contribution in [1.82, 2.24) is 0 Å². The molecular weight excluding hydrogens is 315 g/mol. The molecule has 0 saturated heterocycles. The summed E-state index contributed by atoms with van der Waals surface area (Å²) >= 11 is 13.4. The van der Waals surface area contributed by atoms with Crippen LogP contribution in [0.3, 0.4) is 0 Å². The summed E-state index contributed by atoms with van der Waals surface area (Å²) in [5, 5.41) is 0.652. The number of hydrogen-bond acceptors (Lipinski definition) is 3. The van der Waals surface area contributed by atoms with E-state index in [2.05, 4.69) is 0 Å². The Labute approximate surface area is 130 Å². The Balaban J connectivity index is 2.18. The van der Waals surface area contributed by atoms with Gasteiger partial charge in [0.2, 0.25) is 0 Å². The van der Waals surface area contributed by atoms with Gasteiger partial charge in [-0.15, -0.1) is 11.3 Å². The number of carbonyl (C=O) groups excluding carboxylic acids is 1. The number of carbonyl (C=O) groups is 1. The Hall–Kier alpha value is -1.29. The van der Waals surface area contributed by atoms with Crippen LogP contribution in [0.15, 0.2) is 30.3 Å². The van der Waals surface area contributed by atoms with E-state index in [-0.39, 0.29) is 12.6 Å². The van der Waals surface area contributed by atoms with Gasteiger partial charge in [0, 0.05) is 15.5 Å². The monoisotopic (exact) mass is 324 g/mol. The Bertz CT molecular complexity index is 731. The molecule has 0 N–H and O–H groups in total. The number of hydrogen-bond donors (Lipinski definition) is 0. The van der Waals surface area contributed by atoms with Crippen LogP contribution in [0.1, 0.15) is 16.0 Å². The van der Waals surface area contributed by atoms with Crippen molar-refractivity contribution in [1.29, 1.82) is 0 Å². The zero-order chi connectivity index (χ0) is 14.3. The fourth-order valence-corrected chi connectivity index (χ4v) is 3.56. The maximum absolute atomic E-state index is 12.1. The molecule has 1 aromatic heterocycles. The zero-order valence-corrected chi connectivity index (χ0v) is 12.9. The fourth-order valence-electron chi connectivity index (χ4n) is 2.26. The Morgan fingerprint density at radius 1 is 1.20 bits per heavy atom. The van der Waals surface area contributed by atoms with Crippen molar-refractivity contribution in [3.05, 3.63) is 55.7 Å². The molecule has 0 atom stereocenters. The summed E-state index contributed by atoms with van der Waals surface area (Å²) < 4.78 is 5.89. The molecule has 0 saturated carbocycles. The Morgan fingerprint density at radius 3 is 2.65 bits per heavy atom. The van der Waals surface area contributed by atoms with Crippen molar-refractivity contribution in [3.8, 4) is 0 Å². The van der Waals surface area contributed by atoms with Crippen molar-refractivity contribution < 1.29 is 9.53 Å². The fraction of sp³-hybridized carbons (Fsp3) is 0.133. The number of halogens is 2. The third-order valence-electron chi connectivity index (χ3n) is 3.18. The van der Waals surface area contributed by atoms with E-state index >= 15 is 0 Å². The van der Waals surface area contributed by atoms with Crippen molar-refractivity contribution in [2.75, 3.05) is 6.61 Å². The third kappa shape index (κ3) is 2.37. The maximum Gasteiger partial charge on any atom is 0.339 e. The summed E-state index contributed by atoms with van der Waals surface area (Å²) in [5.41, 5.74) is 3.30. The molecule has 0 radical (unpaired) electrons. The van der Waals surface area contributed by atoms with Gasteiger partial charge < -0.3 is 4.74 Å². The lowest BCUT2D eigenvalue weighted by atomic mass is 9.97. The van der Waals surface area contributed by atoms with Gasteiger partial charge in [0.25, 0.3) is 0 Å². The van der Waals surface area contributed by atoms with Gasteiger partial charge in [-0.25, -0.2) is 4.79 Å². The Kier molecular flexibility index (Phi) is 3.59. The molecule has 0 spiro atoms. The second-order valence-electron chi connectivity index (χ2n) is 4.49. The lowest BCUT2D eigenvalue weighted by Gasteiger charge is -2.07. The third-order valence-corrected chi connectivity index (χ3v) is 4.71. The van der Waals surface area contributed by atoms with Gasteiger partial charge >= 0.3 is 5.97 Å². The number of thiophene rings is 1. The van der Waals surface area contributed by atoms with Gasteiger partial charge in [0.15, 0.2) is 0 Å². The molecule has 1 aromatic carbocycles. The highest BCUT2D eigenvalue weighted by Crippen LogP contribution is 2.38. The molecule has 20 heavy (non-hydrogen) atoms. The van der Waals surface area contributed by atoms with Gasteiger partial charge in [-0.05, 0) is 42.3 Å². The summed E-state index contributed by atoms with van der Waals surface area (Å²) in [4.78, 5) is 13.0. The van der Waals surface area contributed by atoms with E-state index in [1.165, 1.54) is 11.3 Å². The molecule has 1 aliphatic rings. The molecule has 102 valence electrons. The molecule has 0 bridgehead atoms. The molecule has 0 fully saturated rings. The first-order valence-corrected chi connectivity index (χ1v) is 7.56. The van der Waals surface area contributed by atoms with Crippen molar-refractivity contribution in [3.63, 3.8) is 0 Å². The second-order valence-corrected chi connectivity index (χ2v) is 6.64. The topological polar surface area (TPSA) is 26.3 Å². The molecule has 5 heteroatoms. The lowest BCUT2D eigenvalue weighted by Crippen LogP contribution is -2.00. The van der Waals surface area contributed by atoms with E-state index in [0.717, 1.165) is 21.6 Å². The molecule has 2 aromatic rings. The minimum absolute atomic E-state index is 0.285. The van der Waals surface area contributed by atoms with Gasteiger partial charge in [0.1, 0.15) is 6.61 Å². The minimum atomic E-state index is -0.296. The number of ether oxygens (including phenoxy) is 1. The number of cyclic esters (lactones) is 1. The SMILES string of the molecule is Cc1cc(Cl)ccc1C1=C(c2ccc(Cl)s2)COC1=O. The quantitative estimate of drug-likeness (QED) is 0.739. The van der Waals surface area contributed by atoms with Crippen LogP contribution < -0.4 is 0 Å². The second kappa shape index (κ2) is 5.24. The average Bonchev–Trinajstić information content (AvgIpc) is 2.96. The van der Waals surface area contributed by atoms with Gasteiger partial charge in [-0.2, -0.15) is 0 Å². The minimum Gasteiger partial charge on any atom is -0.457 e. The Morgan fingerprint density at radius 2 is 2.00 bits per heavy atom. The van der Waals surface area contributed by atoms with E-state index in [1.807, 2.05) is 31.2 Å². The molecule has 2 heterocycles. The van der Waals surface area contributed by atoms with Crippen LogP contribution in [0.5, 0.6) is 0 Å². The lowest BCUT2D eigenvalue weighted by molar-refractivity contribution is -0.133. The van der Waals surface area contributed by atoms with E-state index < -0.39 is 0 Å². The van der Waals surface area contributed by atoms with Crippen LogP contribution >= 0.6 is 34.5 Å². The summed E-state index contributed by atoms with van der Waals surface area (Å²) in [6.07, 6.45) is 0. The molecule has 1 aliphatic heterocycles. The molecule has 2 nitrogen and oxygen atoms in total. The summed E-state index contributed by atoms with van der Waals surface area (Å²) in [6.45, 7) is 2.21. The zero-order valence-electron chi connectivity index (χ0n) is 10.6. The van der Waals surface area contributed by atoms with Crippen molar-refractivity contribution in [2.24, 2.45) is 0 Å². The predicted molar refractivity (Wildman–Crippen MR) is 83.3 cm³/mol. The van der Waals surface area contributed by atoms with Crippen LogP contribution in [0.25, 0.3) is 11.1 Å². The summed E-state index contributed by atoms with van der Waals surface area (Å²) in [7, 11) is 0. The van der Waals surface area contributed by atoms with Gasteiger partial charge in [-0.3, -0.25) is 0 Å². The number of rotatable bonds is 2. The van der Waals surface area contributed by atoms with E-state index in [9.17, 15) is 4.79 Å². The smallest absolute Gasteiger partial charge is 0.339 e. The largest absolute Gasteiger partial charge is 0.457 e. The van der Waals surface area contributed by atoms with Crippen molar-refractivity contribution in [2.45, 2.75) is 6.92 Å². The molecular formula is C15H10Cl2O2S. The highest BCUT2D eigenvalue weighted by atomic mass is 35.5. The molecule has 3 rings (SSSR count). The predicted octanol–water partition coefficient (Wildman–Crippen LogP) is 4.83. The van der Waals surface area contributed by atoms with Crippen LogP contribution in [-0.2, 0) is 9.53 Å². The molecule has 0 unspecified atom stereocenters. The van der Waals surface area contributed by atoms with E-state index in [4.69, 9.17) is 27.9 Å². The van der Waals surface area contributed by atoms with Crippen molar-refractivity contribution >= 4 is 51.7 Å². The van der Waals surface area contributed by atoms with E-state index in [0.29, 0.717) is 14.9 Å². The molecule has 0 aliphatic carbocycles. The van der Waals surface area contributed by atoms with Crippen LogP contribution in [0.2, 0.25) is 9.36 Å². The highest BCUT2D eigenvalue weighted by Gasteiger charge is 2.28. The maximum atomic E-state index is 12.1. The summed E-state index contributed by atoms with van der Waals surface area (Å²) in [6, 6.07) is 9.21. The normalized spacial score (nSPS) is 14.8. The van der Waals surface area contributed by atoms with Gasteiger partial charge in [-0.1, -0.05) is 29.3 Å². The first-order chi connectivity index (χ1) is 9.56.